The zero-order valence-corrected chi connectivity index (χ0v) is 11.9. The lowest BCUT2D eigenvalue weighted by molar-refractivity contribution is -0.170. The van der Waals surface area contributed by atoms with Crippen molar-refractivity contribution in [2.45, 2.75) is 21.0 Å². The monoisotopic (exact) mass is 339 g/mol. The molecule has 3 nitrogen and oxygen atoms in total. The Hall–Kier alpha value is -0.860. The van der Waals surface area contributed by atoms with Gasteiger partial charge in [0.2, 0.25) is 5.91 Å². The van der Waals surface area contributed by atoms with Crippen LogP contribution in [0.25, 0.3) is 0 Å². The summed E-state index contributed by atoms with van der Waals surface area (Å²) < 4.78 is 36.8. The fourth-order valence-electron chi connectivity index (χ4n) is 1.99. The van der Waals surface area contributed by atoms with Crippen molar-refractivity contribution in [1.82, 2.24) is 0 Å². The molecule has 0 saturated carbocycles. The number of carbonyl (C=O) groups is 2. The maximum atomic E-state index is 12.4. The lowest BCUT2D eigenvalue weighted by Crippen LogP contribution is -2.40. The fourth-order valence-corrected chi connectivity index (χ4v) is 5.04. The van der Waals surface area contributed by atoms with E-state index in [1.54, 1.807) is 12.1 Å². The number of ketones is 1. The summed E-state index contributed by atoms with van der Waals surface area (Å²) >= 11 is 7.79. The highest BCUT2D eigenvalue weighted by molar-refractivity contribution is 8.19. The third kappa shape index (κ3) is 2.10. The van der Waals surface area contributed by atoms with E-state index in [-0.39, 0.29) is 0 Å². The molecule has 2 heterocycles. The van der Waals surface area contributed by atoms with E-state index in [1.165, 1.54) is 22.7 Å². The summed E-state index contributed by atoms with van der Waals surface area (Å²) in [6.07, 6.45) is -5.01. The van der Waals surface area contributed by atoms with Gasteiger partial charge in [0, 0.05) is 9.92 Å². The minimum atomic E-state index is -5.01. The number of hydrogen-bond acceptors (Lipinski definition) is 4. The first-order valence-electron chi connectivity index (χ1n) is 5.35. The van der Waals surface area contributed by atoms with E-state index in [1.807, 2.05) is 0 Å². The molecule has 0 aliphatic carbocycles. The molecule has 0 N–H and O–H groups in total. The topological polar surface area (TPSA) is 37.4 Å². The van der Waals surface area contributed by atoms with Crippen LogP contribution >= 0.6 is 35.1 Å². The number of Topliss-reactive ketones (excluding diaryl/α,β-unsaturated/α-hetero) is 1. The Bertz CT molecular complexity index is 622. The number of carbonyl (C=O) groups excluding carboxylic acids is 2. The second-order valence-electron chi connectivity index (χ2n) is 4.12. The number of benzene rings is 1. The van der Waals surface area contributed by atoms with Crippen molar-refractivity contribution in [2.24, 2.45) is 0 Å². The van der Waals surface area contributed by atoms with Gasteiger partial charge in [-0.3, -0.25) is 14.5 Å². The third-order valence-corrected chi connectivity index (χ3v) is 5.85. The van der Waals surface area contributed by atoms with E-state index in [0.29, 0.717) is 22.5 Å². The number of rotatable bonds is 1. The summed E-state index contributed by atoms with van der Waals surface area (Å²) in [4.78, 5) is 25.3. The van der Waals surface area contributed by atoms with Crippen molar-refractivity contribution in [2.75, 3.05) is 4.90 Å². The number of fused-ring (bicyclic) bond motifs is 3. The van der Waals surface area contributed by atoms with Crippen molar-refractivity contribution in [3.05, 3.63) is 23.2 Å². The van der Waals surface area contributed by atoms with Gasteiger partial charge in [-0.1, -0.05) is 23.4 Å². The third-order valence-electron chi connectivity index (χ3n) is 2.85. The molecule has 2 unspecified atom stereocenters. The van der Waals surface area contributed by atoms with E-state index >= 15 is 0 Å². The highest BCUT2D eigenvalue weighted by Crippen LogP contribution is 2.54. The van der Waals surface area contributed by atoms with Crippen LogP contribution in [0.5, 0.6) is 0 Å². The molecule has 1 fully saturated rings. The molecule has 1 saturated heterocycles. The van der Waals surface area contributed by atoms with Gasteiger partial charge in [0.15, 0.2) is 5.25 Å². The minimum Gasteiger partial charge on any atom is -0.288 e. The van der Waals surface area contributed by atoms with Gasteiger partial charge in [-0.2, -0.15) is 13.2 Å². The summed E-state index contributed by atoms with van der Waals surface area (Å²) in [5.41, 5.74) is 0.461. The van der Waals surface area contributed by atoms with Gasteiger partial charge < -0.3 is 0 Å². The van der Waals surface area contributed by atoms with E-state index in [2.05, 4.69) is 0 Å². The molecule has 2 atom stereocenters. The summed E-state index contributed by atoms with van der Waals surface area (Å²) in [7, 11) is 0. The van der Waals surface area contributed by atoms with Crippen molar-refractivity contribution < 1.29 is 22.8 Å². The highest BCUT2D eigenvalue weighted by Gasteiger charge is 2.55. The Morgan fingerprint density at radius 2 is 2.05 bits per heavy atom. The van der Waals surface area contributed by atoms with Crippen LogP contribution in [-0.4, -0.2) is 27.8 Å². The summed E-state index contributed by atoms with van der Waals surface area (Å²) in [5.74, 6) is -2.85. The minimum absolute atomic E-state index is 0.383. The average Bonchev–Trinajstić information content (AvgIpc) is 2.84. The van der Waals surface area contributed by atoms with Gasteiger partial charge in [-0.15, -0.1) is 11.8 Å². The molecule has 106 valence electrons. The van der Waals surface area contributed by atoms with Crippen LogP contribution in [0.4, 0.5) is 18.9 Å². The number of nitrogens with zero attached hydrogens (tertiary/aromatic N) is 1. The number of thioether (sulfide) groups is 2. The molecule has 0 radical (unpaired) electrons. The van der Waals surface area contributed by atoms with Gasteiger partial charge in [0.25, 0.3) is 5.78 Å². The van der Waals surface area contributed by atoms with Crippen molar-refractivity contribution in [3.8, 4) is 0 Å². The Morgan fingerprint density at radius 3 is 2.70 bits per heavy atom. The second kappa shape index (κ2) is 4.57. The quantitative estimate of drug-likeness (QED) is 0.736. The molecule has 20 heavy (non-hydrogen) atoms. The van der Waals surface area contributed by atoms with Crippen LogP contribution in [0.2, 0.25) is 5.02 Å². The average molecular weight is 340 g/mol. The number of alkyl halides is 3. The van der Waals surface area contributed by atoms with E-state index in [9.17, 15) is 22.8 Å². The Balaban J connectivity index is 1.94. The molecule has 3 rings (SSSR count). The second-order valence-corrected chi connectivity index (χ2v) is 7.17. The molecule has 9 heteroatoms. The zero-order chi connectivity index (χ0) is 14.7. The molecule has 1 aromatic carbocycles. The normalized spacial score (nSPS) is 24.8. The van der Waals surface area contributed by atoms with Crippen LogP contribution in [0.3, 0.4) is 0 Å². The number of hydrogen-bond donors (Lipinski definition) is 0. The largest absolute Gasteiger partial charge is 0.451 e. The number of amides is 1. The van der Waals surface area contributed by atoms with Gasteiger partial charge in [-0.05, 0) is 18.2 Å². The molecule has 0 aromatic heterocycles. The first kappa shape index (κ1) is 14.1. The van der Waals surface area contributed by atoms with Crippen LogP contribution in [0.1, 0.15) is 0 Å². The van der Waals surface area contributed by atoms with Gasteiger partial charge in [0.05, 0.1) is 5.69 Å². The predicted octanol–water partition coefficient (Wildman–Crippen LogP) is 3.31. The van der Waals surface area contributed by atoms with E-state index in [4.69, 9.17) is 11.6 Å². The molecule has 2 aliphatic heterocycles. The summed E-state index contributed by atoms with van der Waals surface area (Å²) in [6, 6.07) is 4.86. The van der Waals surface area contributed by atoms with Crippen molar-refractivity contribution in [1.29, 1.82) is 0 Å². The SMILES string of the molecule is O=C1C(C(=O)C(F)(F)F)SC2Sc3ccc(Cl)cc3N12. The van der Waals surface area contributed by atoms with E-state index in [0.717, 1.165) is 4.90 Å². The van der Waals surface area contributed by atoms with Crippen LogP contribution < -0.4 is 4.90 Å². The molecule has 2 aliphatic rings. The Labute approximate surface area is 124 Å². The Morgan fingerprint density at radius 1 is 1.35 bits per heavy atom. The first-order valence-corrected chi connectivity index (χ1v) is 7.55. The maximum absolute atomic E-state index is 12.4. The van der Waals surface area contributed by atoms with Crippen LogP contribution in [0.15, 0.2) is 23.1 Å². The van der Waals surface area contributed by atoms with Gasteiger partial charge >= 0.3 is 6.18 Å². The first-order chi connectivity index (χ1) is 9.29. The Kier molecular flexibility index (Phi) is 3.22. The van der Waals surface area contributed by atoms with E-state index < -0.39 is 27.8 Å². The number of anilines is 1. The van der Waals surface area contributed by atoms with Gasteiger partial charge in [0.1, 0.15) is 4.71 Å². The predicted molar refractivity (Wildman–Crippen MR) is 71.0 cm³/mol. The standard InChI is InChI=1S/C11H5ClF3NO2S2/c12-4-1-2-6-5(3-4)16-9(18)7(20-10(16)19-6)8(17)11(13,14)15/h1-3,7,10H. The van der Waals surface area contributed by atoms with Crippen molar-refractivity contribution >= 4 is 52.5 Å². The fraction of sp³-hybridized carbons (Fsp3) is 0.273. The summed E-state index contributed by atoms with van der Waals surface area (Å²) in [6.45, 7) is 0. The highest BCUT2D eigenvalue weighted by atomic mass is 35.5. The molecule has 1 amide bonds. The summed E-state index contributed by atoms with van der Waals surface area (Å²) in [5, 5.41) is -1.34. The molecule has 0 spiro atoms. The van der Waals surface area contributed by atoms with Gasteiger partial charge in [-0.25, -0.2) is 0 Å². The lowest BCUT2D eigenvalue weighted by atomic mass is 10.2. The molecular formula is C11H5ClF3NO2S2. The molecule has 0 bridgehead atoms. The molecular weight excluding hydrogens is 335 g/mol. The zero-order valence-electron chi connectivity index (χ0n) is 9.48. The lowest BCUT2D eigenvalue weighted by Gasteiger charge is -2.15. The van der Waals surface area contributed by atoms with Crippen molar-refractivity contribution in [3.63, 3.8) is 0 Å². The number of halogens is 4. The van der Waals surface area contributed by atoms with Crippen LogP contribution in [-0.2, 0) is 9.59 Å². The van der Waals surface area contributed by atoms with Crippen LogP contribution in [0, 0.1) is 0 Å². The smallest absolute Gasteiger partial charge is 0.288 e. The molecule has 1 aromatic rings. The maximum Gasteiger partial charge on any atom is 0.451 e.